The average Bonchev–Trinajstić information content (AvgIpc) is 2.31. The Morgan fingerprint density at radius 3 is 2.67 bits per heavy atom. The highest BCUT2D eigenvalue weighted by atomic mass is 19.1. The predicted octanol–water partition coefficient (Wildman–Crippen LogP) is 1.85. The van der Waals surface area contributed by atoms with E-state index < -0.39 is 24.2 Å². The normalized spacial score (nSPS) is 9.89. The molecule has 1 aromatic carbocycles. The van der Waals surface area contributed by atoms with Crippen molar-refractivity contribution in [1.29, 1.82) is 0 Å². The van der Waals surface area contributed by atoms with E-state index in [4.69, 9.17) is 5.11 Å². The maximum Gasteiger partial charge on any atom is 0.323 e. The first kappa shape index (κ1) is 13.9. The molecule has 0 saturated heterocycles. The molecule has 1 rings (SSSR count). The van der Waals surface area contributed by atoms with E-state index in [0.717, 1.165) is 4.90 Å². The second kappa shape index (κ2) is 5.95. The van der Waals surface area contributed by atoms with Gasteiger partial charge in [-0.1, -0.05) is 6.08 Å². The Balaban J connectivity index is 2.97. The van der Waals surface area contributed by atoms with Gasteiger partial charge >= 0.3 is 5.97 Å². The van der Waals surface area contributed by atoms with Crippen LogP contribution in [0.5, 0.6) is 0 Å². The summed E-state index contributed by atoms with van der Waals surface area (Å²) in [5.74, 6) is -1.97. The Bertz CT molecular complexity index is 485. The van der Waals surface area contributed by atoms with Crippen LogP contribution in [0.3, 0.4) is 0 Å². The van der Waals surface area contributed by atoms with Crippen LogP contribution in [-0.4, -0.2) is 35.0 Å². The standard InChI is InChI=1S/C13H14FNO3/c1-3-6-15(8-12(16)17)13(18)10-4-5-11(14)9(2)7-10/h3-5,7H,1,6,8H2,2H3,(H,16,17). The van der Waals surface area contributed by atoms with E-state index in [1.807, 2.05) is 0 Å². The largest absolute Gasteiger partial charge is 0.480 e. The lowest BCUT2D eigenvalue weighted by Crippen LogP contribution is -2.35. The number of carbonyl (C=O) groups excluding carboxylic acids is 1. The highest BCUT2D eigenvalue weighted by Crippen LogP contribution is 2.11. The van der Waals surface area contributed by atoms with Crippen molar-refractivity contribution in [3.8, 4) is 0 Å². The van der Waals surface area contributed by atoms with Crippen molar-refractivity contribution in [1.82, 2.24) is 4.90 Å². The lowest BCUT2D eigenvalue weighted by molar-refractivity contribution is -0.137. The molecule has 0 aromatic heterocycles. The van der Waals surface area contributed by atoms with Gasteiger partial charge in [0.25, 0.3) is 5.91 Å². The maximum atomic E-state index is 13.1. The van der Waals surface area contributed by atoms with E-state index in [9.17, 15) is 14.0 Å². The number of carboxylic acids is 1. The lowest BCUT2D eigenvalue weighted by Gasteiger charge is -2.19. The molecule has 18 heavy (non-hydrogen) atoms. The van der Waals surface area contributed by atoms with Crippen LogP contribution < -0.4 is 0 Å². The van der Waals surface area contributed by atoms with Crippen LogP contribution in [0, 0.1) is 12.7 Å². The summed E-state index contributed by atoms with van der Waals surface area (Å²) in [6.45, 7) is 4.72. The number of benzene rings is 1. The predicted molar refractivity (Wildman–Crippen MR) is 64.9 cm³/mol. The summed E-state index contributed by atoms with van der Waals surface area (Å²) in [5.41, 5.74) is 0.603. The minimum atomic E-state index is -1.11. The highest BCUT2D eigenvalue weighted by Gasteiger charge is 2.17. The average molecular weight is 251 g/mol. The lowest BCUT2D eigenvalue weighted by atomic mass is 10.1. The van der Waals surface area contributed by atoms with Crippen LogP contribution in [0.25, 0.3) is 0 Å². The summed E-state index contributed by atoms with van der Waals surface area (Å²) in [7, 11) is 0. The van der Waals surface area contributed by atoms with Gasteiger partial charge in [0.05, 0.1) is 0 Å². The number of aliphatic carboxylic acids is 1. The van der Waals surface area contributed by atoms with Crippen molar-refractivity contribution in [2.75, 3.05) is 13.1 Å². The van der Waals surface area contributed by atoms with Crippen molar-refractivity contribution < 1.29 is 19.1 Å². The Morgan fingerprint density at radius 2 is 2.17 bits per heavy atom. The first-order chi connectivity index (χ1) is 8.45. The van der Waals surface area contributed by atoms with Crippen LogP contribution in [0.1, 0.15) is 15.9 Å². The van der Waals surface area contributed by atoms with Crippen LogP contribution in [-0.2, 0) is 4.79 Å². The number of carboxylic acid groups (broad SMARTS) is 1. The maximum absolute atomic E-state index is 13.1. The quantitative estimate of drug-likeness (QED) is 0.812. The summed E-state index contributed by atoms with van der Waals surface area (Å²) >= 11 is 0. The van der Waals surface area contributed by atoms with Crippen LogP contribution in [0.4, 0.5) is 4.39 Å². The molecule has 0 unspecified atom stereocenters. The molecule has 0 spiro atoms. The molecule has 1 amide bonds. The molecule has 5 heteroatoms. The van der Waals surface area contributed by atoms with Gasteiger partial charge in [0.1, 0.15) is 12.4 Å². The Kier molecular flexibility index (Phi) is 4.59. The Morgan fingerprint density at radius 1 is 1.50 bits per heavy atom. The van der Waals surface area contributed by atoms with E-state index in [1.165, 1.54) is 24.3 Å². The number of hydrogen-bond donors (Lipinski definition) is 1. The number of amides is 1. The van der Waals surface area contributed by atoms with Crippen molar-refractivity contribution in [2.24, 2.45) is 0 Å². The second-order valence-electron chi connectivity index (χ2n) is 3.83. The molecule has 1 N–H and O–H groups in total. The summed E-state index contributed by atoms with van der Waals surface area (Å²) in [6, 6.07) is 3.92. The van der Waals surface area contributed by atoms with Crippen molar-refractivity contribution in [3.05, 3.63) is 47.8 Å². The molecule has 96 valence electrons. The van der Waals surface area contributed by atoms with Crippen molar-refractivity contribution in [3.63, 3.8) is 0 Å². The summed E-state index contributed by atoms with van der Waals surface area (Å²) < 4.78 is 13.1. The van der Waals surface area contributed by atoms with Crippen LogP contribution >= 0.6 is 0 Å². The van der Waals surface area contributed by atoms with Crippen LogP contribution in [0.15, 0.2) is 30.9 Å². The van der Waals surface area contributed by atoms with Gasteiger partial charge < -0.3 is 10.0 Å². The summed E-state index contributed by atoms with van der Waals surface area (Å²) in [6.07, 6.45) is 1.44. The minimum absolute atomic E-state index is 0.127. The topological polar surface area (TPSA) is 57.6 Å². The molecule has 0 atom stereocenters. The number of rotatable bonds is 5. The van der Waals surface area contributed by atoms with Gasteiger partial charge in [-0.25, -0.2) is 4.39 Å². The fourth-order valence-electron chi connectivity index (χ4n) is 1.50. The summed E-state index contributed by atoms with van der Waals surface area (Å²) in [4.78, 5) is 23.8. The molecular formula is C13H14FNO3. The molecule has 1 aromatic rings. The second-order valence-corrected chi connectivity index (χ2v) is 3.83. The SMILES string of the molecule is C=CCN(CC(=O)O)C(=O)c1ccc(F)c(C)c1. The first-order valence-corrected chi connectivity index (χ1v) is 5.33. The summed E-state index contributed by atoms with van der Waals surface area (Å²) in [5, 5.41) is 8.72. The minimum Gasteiger partial charge on any atom is -0.480 e. The van der Waals surface area contributed by atoms with Gasteiger partial charge in [0.15, 0.2) is 0 Å². The monoisotopic (exact) mass is 251 g/mol. The molecule has 0 aliphatic heterocycles. The molecular weight excluding hydrogens is 237 g/mol. The number of nitrogens with zero attached hydrogens (tertiary/aromatic N) is 1. The number of hydrogen-bond acceptors (Lipinski definition) is 2. The zero-order valence-corrected chi connectivity index (χ0v) is 10.0. The smallest absolute Gasteiger partial charge is 0.323 e. The van der Waals surface area contributed by atoms with E-state index in [-0.39, 0.29) is 12.1 Å². The number of halogens is 1. The Labute approximate surface area is 104 Å². The first-order valence-electron chi connectivity index (χ1n) is 5.33. The third-order valence-electron chi connectivity index (χ3n) is 2.37. The molecule has 0 aliphatic carbocycles. The zero-order valence-electron chi connectivity index (χ0n) is 10.0. The van der Waals surface area contributed by atoms with Crippen LogP contribution in [0.2, 0.25) is 0 Å². The number of carbonyl (C=O) groups is 2. The van der Waals surface area contributed by atoms with E-state index in [1.54, 1.807) is 6.92 Å². The molecule has 0 radical (unpaired) electrons. The van der Waals surface area contributed by atoms with Crippen molar-refractivity contribution in [2.45, 2.75) is 6.92 Å². The number of aryl methyl sites for hydroxylation is 1. The molecule has 0 aliphatic rings. The highest BCUT2D eigenvalue weighted by molar-refractivity contribution is 5.96. The van der Waals surface area contributed by atoms with Gasteiger partial charge in [-0.2, -0.15) is 0 Å². The van der Waals surface area contributed by atoms with Gasteiger partial charge in [-0.05, 0) is 30.7 Å². The molecule has 0 fully saturated rings. The fourth-order valence-corrected chi connectivity index (χ4v) is 1.50. The van der Waals surface area contributed by atoms with E-state index in [2.05, 4.69) is 6.58 Å². The zero-order chi connectivity index (χ0) is 13.7. The molecule has 0 saturated carbocycles. The Hall–Kier alpha value is -2.17. The fraction of sp³-hybridized carbons (Fsp3) is 0.231. The molecule has 0 bridgehead atoms. The van der Waals surface area contributed by atoms with Gasteiger partial charge in [-0.15, -0.1) is 6.58 Å². The van der Waals surface area contributed by atoms with Gasteiger partial charge in [0, 0.05) is 12.1 Å². The third kappa shape index (κ3) is 3.41. The van der Waals surface area contributed by atoms with E-state index in [0.29, 0.717) is 5.56 Å². The third-order valence-corrected chi connectivity index (χ3v) is 2.37. The molecule has 0 heterocycles. The van der Waals surface area contributed by atoms with Gasteiger partial charge in [-0.3, -0.25) is 9.59 Å². The van der Waals surface area contributed by atoms with Crippen molar-refractivity contribution >= 4 is 11.9 Å². The van der Waals surface area contributed by atoms with E-state index >= 15 is 0 Å². The van der Waals surface area contributed by atoms with Gasteiger partial charge in [0.2, 0.25) is 0 Å². The molecule has 4 nitrogen and oxygen atoms in total.